The Balaban J connectivity index is 1.22. The number of hydrogen-bond donors (Lipinski definition) is 2. The first-order chi connectivity index (χ1) is 15.1. The monoisotopic (exact) mass is 427 g/mol. The molecule has 1 aromatic rings. The standard InChI is InChI=1S/C23H33N5O3/c24-23-28(18-8-14-26(15-9-18)17-4-10-25-11-5-17)20-3-1-2-19(21(20)31-23)27-12-6-16(7-13-27)22(29)30/h4-5,10-11,16,18-21,24H,1-3,6-9,12-15H2,(H,29,30). The molecule has 0 bridgehead atoms. The number of ether oxygens (including phenoxy) is 1. The Morgan fingerprint density at radius 1 is 1.00 bits per heavy atom. The minimum absolute atomic E-state index is 0.0425. The molecular formula is C23H33N5O3. The summed E-state index contributed by atoms with van der Waals surface area (Å²) in [4.78, 5) is 22.6. The number of piperidine rings is 2. The summed E-state index contributed by atoms with van der Waals surface area (Å²) < 4.78 is 6.21. The van der Waals surface area contributed by atoms with Crippen molar-refractivity contribution in [1.29, 1.82) is 5.41 Å². The SMILES string of the molecule is N=C1OC2C(N3CCC(C(=O)O)CC3)CCCC2N1C1CCN(c2ccncc2)CC1. The predicted molar refractivity (Wildman–Crippen MR) is 117 cm³/mol. The van der Waals surface area contributed by atoms with E-state index in [4.69, 9.17) is 10.1 Å². The van der Waals surface area contributed by atoms with Crippen LogP contribution in [0.5, 0.6) is 0 Å². The number of nitrogens with zero attached hydrogens (tertiary/aromatic N) is 4. The number of likely N-dealkylation sites (tertiary alicyclic amines) is 1. The lowest BCUT2D eigenvalue weighted by atomic mass is 9.84. The number of anilines is 1. The molecule has 0 amide bonds. The van der Waals surface area contributed by atoms with Crippen molar-refractivity contribution in [3.8, 4) is 0 Å². The van der Waals surface area contributed by atoms with Crippen LogP contribution in [0.4, 0.5) is 5.69 Å². The highest BCUT2D eigenvalue weighted by Gasteiger charge is 2.50. The number of hydrogen-bond acceptors (Lipinski definition) is 6. The topological polar surface area (TPSA) is 93.0 Å². The molecular weight excluding hydrogens is 394 g/mol. The van der Waals surface area contributed by atoms with Crippen molar-refractivity contribution < 1.29 is 14.6 Å². The molecule has 0 aromatic carbocycles. The molecule has 4 fully saturated rings. The third kappa shape index (κ3) is 3.97. The van der Waals surface area contributed by atoms with E-state index >= 15 is 0 Å². The fourth-order valence-electron chi connectivity index (χ4n) is 6.18. The van der Waals surface area contributed by atoms with Gasteiger partial charge < -0.3 is 19.6 Å². The molecule has 1 aliphatic carbocycles. The molecule has 0 spiro atoms. The second-order valence-electron chi connectivity index (χ2n) is 9.43. The fourth-order valence-corrected chi connectivity index (χ4v) is 6.18. The van der Waals surface area contributed by atoms with E-state index in [0.717, 1.165) is 71.1 Å². The summed E-state index contributed by atoms with van der Waals surface area (Å²) in [5.41, 5.74) is 1.22. The molecule has 8 nitrogen and oxygen atoms in total. The minimum atomic E-state index is -0.663. The number of aromatic nitrogens is 1. The smallest absolute Gasteiger partial charge is 0.306 e. The van der Waals surface area contributed by atoms with Gasteiger partial charge in [0.05, 0.1) is 12.0 Å². The van der Waals surface area contributed by atoms with Crippen molar-refractivity contribution >= 4 is 17.7 Å². The number of fused-ring (bicyclic) bond motifs is 1. The summed E-state index contributed by atoms with van der Waals surface area (Å²) in [6, 6.07) is 5.42. The Morgan fingerprint density at radius 2 is 1.68 bits per heavy atom. The van der Waals surface area contributed by atoms with Gasteiger partial charge in [-0.25, -0.2) is 0 Å². The Morgan fingerprint density at radius 3 is 2.35 bits per heavy atom. The molecule has 2 N–H and O–H groups in total. The maximum absolute atomic E-state index is 11.3. The van der Waals surface area contributed by atoms with Crippen LogP contribution >= 0.6 is 0 Å². The van der Waals surface area contributed by atoms with Crippen LogP contribution in [-0.4, -0.2) is 82.3 Å². The highest BCUT2D eigenvalue weighted by atomic mass is 16.5. The van der Waals surface area contributed by atoms with Gasteiger partial charge in [-0.15, -0.1) is 0 Å². The van der Waals surface area contributed by atoms with Gasteiger partial charge in [-0.3, -0.25) is 20.1 Å². The van der Waals surface area contributed by atoms with Gasteiger partial charge in [0.25, 0.3) is 6.02 Å². The molecule has 31 heavy (non-hydrogen) atoms. The van der Waals surface area contributed by atoms with Gasteiger partial charge in [0.2, 0.25) is 0 Å². The van der Waals surface area contributed by atoms with Crippen molar-refractivity contribution in [1.82, 2.24) is 14.8 Å². The van der Waals surface area contributed by atoms with Crippen LogP contribution in [-0.2, 0) is 9.53 Å². The van der Waals surface area contributed by atoms with Crippen molar-refractivity contribution in [2.75, 3.05) is 31.1 Å². The van der Waals surface area contributed by atoms with Gasteiger partial charge in [0.1, 0.15) is 6.10 Å². The second kappa shape index (κ2) is 8.65. The average molecular weight is 428 g/mol. The van der Waals surface area contributed by atoms with Gasteiger partial charge in [-0.2, -0.15) is 0 Å². The Bertz CT molecular complexity index is 790. The quantitative estimate of drug-likeness (QED) is 0.762. The lowest BCUT2D eigenvalue weighted by Gasteiger charge is -2.45. The van der Waals surface area contributed by atoms with Crippen molar-refractivity contribution in [2.45, 2.75) is 69.2 Å². The zero-order valence-electron chi connectivity index (χ0n) is 18.0. The van der Waals surface area contributed by atoms with Crippen LogP contribution in [0, 0.1) is 11.3 Å². The molecule has 3 atom stereocenters. The number of rotatable bonds is 4. The van der Waals surface area contributed by atoms with Crippen LogP contribution in [0.2, 0.25) is 0 Å². The first kappa shape index (κ1) is 20.5. The van der Waals surface area contributed by atoms with Crippen molar-refractivity contribution in [3.63, 3.8) is 0 Å². The van der Waals surface area contributed by atoms with Crippen LogP contribution < -0.4 is 4.90 Å². The lowest BCUT2D eigenvalue weighted by molar-refractivity contribution is -0.143. The van der Waals surface area contributed by atoms with Crippen LogP contribution in [0.1, 0.15) is 44.9 Å². The van der Waals surface area contributed by atoms with E-state index in [-0.39, 0.29) is 18.1 Å². The van der Waals surface area contributed by atoms with E-state index in [9.17, 15) is 9.90 Å². The molecule has 0 radical (unpaired) electrons. The number of aliphatic carboxylic acids is 1. The number of pyridine rings is 1. The average Bonchev–Trinajstić information content (AvgIpc) is 3.15. The summed E-state index contributed by atoms with van der Waals surface area (Å²) in [6.45, 7) is 3.63. The highest BCUT2D eigenvalue weighted by molar-refractivity contribution is 5.74. The van der Waals surface area contributed by atoms with Gasteiger partial charge in [0, 0.05) is 43.3 Å². The lowest BCUT2D eigenvalue weighted by Crippen LogP contribution is -2.56. The van der Waals surface area contributed by atoms with Crippen LogP contribution in [0.3, 0.4) is 0 Å². The number of nitrogens with one attached hydrogen (secondary N) is 1. The van der Waals surface area contributed by atoms with Crippen molar-refractivity contribution in [3.05, 3.63) is 24.5 Å². The fraction of sp³-hybridized carbons (Fsp3) is 0.696. The molecule has 5 rings (SSSR count). The van der Waals surface area contributed by atoms with E-state index in [1.807, 2.05) is 12.4 Å². The van der Waals surface area contributed by atoms with E-state index in [2.05, 4.69) is 31.8 Å². The first-order valence-electron chi connectivity index (χ1n) is 11.8. The molecule has 168 valence electrons. The third-order valence-electron chi connectivity index (χ3n) is 7.83. The van der Waals surface area contributed by atoms with E-state index in [1.165, 1.54) is 5.69 Å². The first-order valence-corrected chi connectivity index (χ1v) is 11.8. The maximum atomic E-state index is 11.3. The number of amidine groups is 1. The van der Waals surface area contributed by atoms with Gasteiger partial charge in [-0.05, 0) is 70.2 Å². The Labute approximate surface area is 183 Å². The van der Waals surface area contributed by atoms with Gasteiger partial charge in [0.15, 0.2) is 0 Å². The number of carboxylic acid groups (broad SMARTS) is 1. The zero-order chi connectivity index (χ0) is 21.4. The van der Waals surface area contributed by atoms with Crippen LogP contribution in [0.25, 0.3) is 0 Å². The summed E-state index contributed by atoms with van der Waals surface area (Å²) >= 11 is 0. The predicted octanol–water partition coefficient (Wildman–Crippen LogP) is 2.40. The Kier molecular flexibility index (Phi) is 5.73. The van der Waals surface area contributed by atoms with Gasteiger partial charge >= 0.3 is 5.97 Å². The van der Waals surface area contributed by atoms with E-state index in [1.54, 1.807) is 0 Å². The normalized spacial score (nSPS) is 30.8. The van der Waals surface area contributed by atoms with Crippen molar-refractivity contribution in [2.24, 2.45) is 5.92 Å². The Hall–Kier alpha value is -2.35. The number of carbonyl (C=O) groups is 1. The zero-order valence-corrected chi connectivity index (χ0v) is 18.0. The van der Waals surface area contributed by atoms with E-state index in [0.29, 0.717) is 18.1 Å². The molecule has 1 saturated carbocycles. The molecule has 1 aromatic heterocycles. The number of carboxylic acids is 1. The molecule has 3 saturated heterocycles. The van der Waals surface area contributed by atoms with Crippen LogP contribution in [0.15, 0.2) is 24.5 Å². The summed E-state index contributed by atoms with van der Waals surface area (Å²) in [6.07, 6.45) is 10.6. The summed E-state index contributed by atoms with van der Waals surface area (Å²) in [5.74, 6) is -0.871. The highest BCUT2D eigenvalue weighted by Crippen LogP contribution is 2.38. The minimum Gasteiger partial charge on any atom is -0.481 e. The maximum Gasteiger partial charge on any atom is 0.306 e. The van der Waals surface area contributed by atoms with Gasteiger partial charge in [-0.1, -0.05) is 0 Å². The summed E-state index contributed by atoms with van der Waals surface area (Å²) in [5, 5.41) is 17.9. The molecule has 3 aliphatic heterocycles. The summed E-state index contributed by atoms with van der Waals surface area (Å²) in [7, 11) is 0. The second-order valence-corrected chi connectivity index (χ2v) is 9.43. The molecule has 4 aliphatic rings. The molecule has 3 unspecified atom stereocenters. The molecule has 4 heterocycles. The molecule has 8 heteroatoms. The third-order valence-corrected chi connectivity index (χ3v) is 7.83. The largest absolute Gasteiger partial charge is 0.481 e. The van der Waals surface area contributed by atoms with E-state index < -0.39 is 5.97 Å².